The lowest BCUT2D eigenvalue weighted by molar-refractivity contribution is 1.33. The van der Waals surface area contributed by atoms with Crippen LogP contribution >= 0.6 is 11.6 Å². The van der Waals surface area contributed by atoms with E-state index in [9.17, 15) is 0 Å². The Balaban J connectivity index is 2.44. The summed E-state index contributed by atoms with van der Waals surface area (Å²) in [6, 6.07) is 11.1. The van der Waals surface area contributed by atoms with Gasteiger partial charge in [-0.15, -0.1) is 0 Å². The van der Waals surface area contributed by atoms with Gasteiger partial charge in [0.2, 0.25) is 0 Å². The monoisotopic (exact) mass is 204 g/mol. The van der Waals surface area contributed by atoms with Crippen LogP contribution in [-0.4, -0.2) is 4.98 Å². The largest absolute Gasteiger partial charge is 0.399 e. The van der Waals surface area contributed by atoms with Crippen molar-refractivity contribution in [2.24, 2.45) is 0 Å². The molecular weight excluding hydrogens is 196 g/mol. The van der Waals surface area contributed by atoms with E-state index in [1.165, 1.54) is 0 Å². The molecule has 2 nitrogen and oxygen atoms in total. The average Bonchev–Trinajstić information content (AvgIpc) is 2.19. The van der Waals surface area contributed by atoms with E-state index in [0.29, 0.717) is 5.69 Å². The number of anilines is 1. The topological polar surface area (TPSA) is 38.9 Å². The second-order valence-corrected chi connectivity index (χ2v) is 3.42. The molecule has 14 heavy (non-hydrogen) atoms. The fourth-order valence-electron chi connectivity index (χ4n) is 1.23. The maximum Gasteiger partial charge on any atom is 0.0722 e. The Morgan fingerprint density at radius 3 is 2.43 bits per heavy atom. The molecule has 0 fully saturated rings. The first-order valence-corrected chi connectivity index (χ1v) is 4.61. The summed E-state index contributed by atoms with van der Waals surface area (Å²) in [5.74, 6) is 0. The van der Waals surface area contributed by atoms with E-state index >= 15 is 0 Å². The summed E-state index contributed by atoms with van der Waals surface area (Å²) in [6.45, 7) is 0. The van der Waals surface area contributed by atoms with Crippen LogP contribution in [0.5, 0.6) is 0 Å². The number of benzene rings is 1. The number of hydrogen-bond acceptors (Lipinski definition) is 2. The second kappa shape index (κ2) is 3.68. The van der Waals surface area contributed by atoms with E-state index in [1.54, 1.807) is 12.3 Å². The fourth-order valence-corrected chi connectivity index (χ4v) is 1.35. The molecule has 0 saturated heterocycles. The minimum atomic E-state index is 0.713. The molecule has 3 heteroatoms. The molecule has 0 aliphatic heterocycles. The summed E-state index contributed by atoms with van der Waals surface area (Å²) in [5.41, 5.74) is 8.25. The molecule has 70 valence electrons. The summed E-state index contributed by atoms with van der Waals surface area (Å²) in [4.78, 5) is 4.22. The van der Waals surface area contributed by atoms with E-state index in [4.69, 9.17) is 17.3 Å². The van der Waals surface area contributed by atoms with Crippen LogP contribution in [0, 0.1) is 0 Å². The van der Waals surface area contributed by atoms with Crippen molar-refractivity contribution < 1.29 is 0 Å². The highest BCUT2D eigenvalue weighted by molar-refractivity contribution is 6.30. The van der Waals surface area contributed by atoms with Crippen molar-refractivity contribution in [2.45, 2.75) is 0 Å². The lowest BCUT2D eigenvalue weighted by Gasteiger charge is -2.01. The zero-order valence-electron chi connectivity index (χ0n) is 7.44. The fraction of sp³-hybridized carbons (Fsp3) is 0. The summed E-state index contributed by atoms with van der Waals surface area (Å²) in [7, 11) is 0. The molecule has 2 aromatic rings. The van der Waals surface area contributed by atoms with Gasteiger partial charge in [0.05, 0.1) is 5.69 Å². The van der Waals surface area contributed by atoms with Crippen molar-refractivity contribution >= 4 is 17.3 Å². The molecule has 0 aliphatic carbocycles. The van der Waals surface area contributed by atoms with E-state index < -0.39 is 0 Å². The van der Waals surface area contributed by atoms with E-state index in [-0.39, 0.29) is 0 Å². The van der Waals surface area contributed by atoms with Gasteiger partial charge in [0.15, 0.2) is 0 Å². The van der Waals surface area contributed by atoms with Crippen molar-refractivity contribution in [1.82, 2.24) is 4.98 Å². The molecule has 0 unspecified atom stereocenters. The third-order valence-electron chi connectivity index (χ3n) is 1.92. The van der Waals surface area contributed by atoms with Gasteiger partial charge in [0, 0.05) is 22.5 Å². The molecule has 1 aromatic heterocycles. The van der Waals surface area contributed by atoms with Crippen LogP contribution in [0.3, 0.4) is 0 Å². The third kappa shape index (κ3) is 1.86. The summed E-state index contributed by atoms with van der Waals surface area (Å²) >= 11 is 5.79. The van der Waals surface area contributed by atoms with Gasteiger partial charge in [0.1, 0.15) is 0 Å². The van der Waals surface area contributed by atoms with E-state index in [0.717, 1.165) is 16.3 Å². The molecule has 1 heterocycles. The highest BCUT2D eigenvalue weighted by Gasteiger charge is 1.98. The normalized spacial score (nSPS) is 10.1. The molecule has 2 rings (SSSR count). The maximum absolute atomic E-state index is 5.79. The van der Waals surface area contributed by atoms with Gasteiger partial charge >= 0.3 is 0 Å². The molecule has 0 spiro atoms. The van der Waals surface area contributed by atoms with Gasteiger partial charge in [0.25, 0.3) is 0 Å². The van der Waals surface area contributed by atoms with Crippen molar-refractivity contribution in [1.29, 1.82) is 0 Å². The van der Waals surface area contributed by atoms with Crippen molar-refractivity contribution in [3.63, 3.8) is 0 Å². The number of aromatic nitrogens is 1. The molecule has 0 atom stereocenters. The number of nitrogen functional groups attached to an aromatic ring is 1. The quantitative estimate of drug-likeness (QED) is 0.776. The standard InChI is InChI=1S/C11H9ClN2/c12-9-3-1-8(2-4-9)11-7-10(13)5-6-14-11/h1-7H,(H2,13,14). The lowest BCUT2D eigenvalue weighted by atomic mass is 10.1. The van der Waals surface area contributed by atoms with Crippen molar-refractivity contribution in [2.75, 3.05) is 5.73 Å². The predicted molar refractivity (Wildman–Crippen MR) is 59.1 cm³/mol. The average molecular weight is 205 g/mol. The van der Waals surface area contributed by atoms with Crippen LogP contribution in [0.1, 0.15) is 0 Å². The lowest BCUT2D eigenvalue weighted by Crippen LogP contribution is -1.88. The van der Waals surface area contributed by atoms with Gasteiger partial charge in [-0.05, 0) is 24.3 Å². The second-order valence-electron chi connectivity index (χ2n) is 2.98. The highest BCUT2D eigenvalue weighted by Crippen LogP contribution is 2.20. The van der Waals surface area contributed by atoms with Crippen molar-refractivity contribution in [3.05, 3.63) is 47.6 Å². The summed E-state index contributed by atoms with van der Waals surface area (Å²) in [6.07, 6.45) is 1.69. The predicted octanol–water partition coefficient (Wildman–Crippen LogP) is 2.98. The van der Waals surface area contributed by atoms with Crippen molar-refractivity contribution in [3.8, 4) is 11.3 Å². The molecule has 0 bridgehead atoms. The minimum absolute atomic E-state index is 0.713. The van der Waals surface area contributed by atoms with Gasteiger partial charge in [-0.25, -0.2) is 0 Å². The zero-order chi connectivity index (χ0) is 9.97. The Morgan fingerprint density at radius 1 is 1.07 bits per heavy atom. The van der Waals surface area contributed by atoms with Crippen LogP contribution < -0.4 is 5.73 Å². The first-order chi connectivity index (χ1) is 6.75. The molecule has 0 saturated carbocycles. The summed E-state index contributed by atoms with van der Waals surface area (Å²) in [5, 5.41) is 0.720. The zero-order valence-corrected chi connectivity index (χ0v) is 8.20. The Hall–Kier alpha value is -1.54. The number of pyridine rings is 1. The Morgan fingerprint density at radius 2 is 1.79 bits per heavy atom. The molecule has 0 aliphatic rings. The van der Waals surface area contributed by atoms with E-state index in [2.05, 4.69) is 4.98 Å². The number of halogens is 1. The first-order valence-electron chi connectivity index (χ1n) is 4.23. The van der Waals surface area contributed by atoms with Gasteiger partial charge < -0.3 is 5.73 Å². The van der Waals surface area contributed by atoms with Gasteiger partial charge in [-0.3, -0.25) is 4.98 Å². The van der Waals surface area contributed by atoms with Crippen LogP contribution in [0.25, 0.3) is 11.3 Å². The van der Waals surface area contributed by atoms with Crippen LogP contribution in [-0.2, 0) is 0 Å². The molecule has 2 N–H and O–H groups in total. The Kier molecular flexibility index (Phi) is 2.37. The Bertz CT molecular complexity index is 437. The number of hydrogen-bond donors (Lipinski definition) is 1. The summed E-state index contributed by atoms with van der Waals surface area (Å²) < 4.78 is 0. The van der Waals surface area contributed by atoms with Gasteiger partial charge in [-0.1, -0.05) is 23.7 Å². The number of nitrogens with zero attached hydrogens (tertiary/aromatic N) is 1. The molecule has 1 aromatic carbocycles. The van der Waals surface area contributed by atoms with Crippen LogP contribution in [0.2, 0.25) is 5.02 Å². The number of nitrogens with two attached hydrogens (primary N) is 1. The molecule has 0 radical (unpaired) electrons. The maximum atomic E-state index is 5.79. The Labute approximate surface area is 87.4 Å². The smallest absolute Gasteiger partial charge is 0.0722 e. The van der Waals surface area contributed by atoms with Gasteiger partial charge in [-0.2, -0.15) is 0 Å². The first kappa shape index (κ1) is 9.03. The highest BCUT2D eigenvalue weighted by atomic mass is 35.5. The minimum Gasteiger partial charge on any atom is -0.399 e. The van der Waals surface area contributed by atoms with Crippen LogP contribution in [0.4, 0.5) is 5.69 Å². The molecule has 0 amide bonds. The third-order valence-corrected chi connectivity index (χ3v) is 2.18. The van der Waals surface area contributed by atoms with E-state index in [1.807, 2.05) is 30.3 Å². The SMILES string of the molecule is Nc1ccnc(-c2ccc(Cl)cc2)c1. The molecular formula is C11H9ClN2. The van der Waals surface area contributed by atoms with Crippen LogP contribution in [0.15, 0.2) is 42.6 Å². The number of rotatable bonds is 1.